The van der Waals surface area contributed by atoms with Crippen LogP contribution in [0.25, 0.3) is 5.82 Å². The third-order valence-corrected chi connectivity index (χ3v) is 3.71. The average molecular weight is 334 g/mol. The van der Waals surface area contributed by atoms with Gasteiger partial charge in [-0.15, -0.1) is 0 Å². The average Bonchev–Trinajstić information content (AvgIpc) is 3.17. The largest absolute Gasteiger partial charge is 0.352 e. The van der Waals surface area contributed by atoms with Crippen LogP contribution in [-0.4, -0.2) is 39.5 Å². The summed E-state index contributed by atoms with van der Waals surface area (Å²) in [5.74, 6) is 1.69. The van der Waals surface area contributed by atoms with Gasteiger partial charge in [0.25, 0.3) is 0 Å². The molecule has 0 radical (unpaired) electrons. The minimum absolute atomic E-state index is 0.583. The lowest BCUT2D eigenvalue weighted by atomic mass is 10.2. The highest BCUT2D eigenvalue weighted by molar-refractivity contribution is 5.79. The lowest BCUT2D eigenvalue weighted by molar-refractivity contribution is 0.578. The first kappa shape index (κ1) is 16.7. The number of aliphatic imine (C=N–C) groups is 1. The molecular weight excluding hydrogens is 312 g/mol. The van der Waals surface area contributed by atoms with Gasteiger partial charge in [0.05, 0.1) is 6.54 Å². The smallest absolute Gasteiger partial charge is 0.194 e. The first-order chi connectivity index (χ1) is 12.2. The molecule has 0 aliphatic carbocycles. The third kappa shape index (κ3) is 4.67. The van der Waals surface area contributed by atoms with Gasteiger partial charge in [-0.3, -0.25) is 4.57 Å². The molecule has 0 amide bonds. The van der Waals surface area contributed by atoms with E-state index in [1.165, 1.54) is 5.56 Å². The Morgan fingerprint density at radius 3 is 2.68 bits per heavy atom. The molecule has 25 heavy (non-hydrogen) atoms. The Morgan fingerprint density at radius 2 is 1.96 bits per heavy atom. The van der Waals surface area contributed by atoms with Crippen LogP contribution in [0.5, 0.6) is 0 Å². The molecule has 0 fully saturated rings. The SMILES string of the molecule is CN(C)C(=NCc1ccnc(-n2ccnc2)c1)NCc1ccccc1. The van der Waals surface area contributed by atoms with Crippen LogP contribution in [-0.2, 0) is 13.1 Å². The number of aromatic nitrogens is 3. The van der Waals surface area contributed by atoms with Gasteiger partial charge in [0.1, 0.15) is 12.1 Å². The summed E-state index contributed by atoms with van der Waals surface area (Å²) in [5, 5.41) is 3.39. The Labute approximate surface area is 147 Å². The lowest BCUT2D eigenvalue weighted by Gasteiger charge is -2.18. The molecule has 1 N–H and O–H groups in total. The highest BCUT2D eigenvalue weighted by Gasteiger charge is 2.03. The van der Waals surface area contributed by atoms with Crippen molar-refractivity contribution in [3.8, 4) is 5.82 Å². The molecule has 3 rings (SSSR count). The van der Waals surface area contributed by atoms with Crippen LogP contribution in [0.15, 0.2) is 72.4 Å². The molecule has 2 heterocycles. The monoisotopic (exact) mass is 334 g/mol. The van der Waals surface area contributed by atoms with E-state index in [1.807, 2.05) is 60.1 Å². The van der Waals surface area contributed by atoms with Crippen molar-refractivity contribution in [3.63, 3.8) is 0 Å². The van der Waals surface area contributed by atoms with Crippen molar-refractivity contribution in [2.75, 3.05) is 14.1 Å². The quantitative estimate of drug-likeness (QED) is 0.575. The summed E-state index contributed by atoms with van der Waals surface area (Å²) in [5.41, 5.74) is 2.32. The molecule has 0 spiro atoms. The second kappa shape index (κ2) is 8.10. The summed E-state index contributed by atoms with van der Waals surface area (Å²) >= 11 is 0. The van der Waals surface area contributed by atoms with Crippen molar-refractivity contribution in [3.05, 3.63) is 78.5 Å². The number of guanidine groups is 1. The predicted molar refractivity (Wildman–Crippen MR) is 99.5 cm³/mol. The van der Waals surface area contributed by atoms with Crippen LogP contribution in [0.4, 0.5) is 0 Å². The minimum atomic E-state index is 0.583. The van der Waals surface area contributed by atoms with E-state index in [0.29, 0.717) is 6.54 Å². The van der Waals surface area contributed by atoms with E-state index in [4.69, 9.17) is 4.99 Å². The van der Waals surface area contributed by atoms with Crippen LogP contribution >= 0.6 is 0 Å². The number of hydrogen-bond acceptors (Lipinski definition) is 3. The fraction of sp³-hybridized carbons (Fsp3) is 0.211. The first-order valence-electron chi connectivity index (χ1n) is 8.15. The Balaban J connectivity index is 1.68. The van der Waals surface area contributed by atoms with E-state index in [-0.39, 0.29) is 0 Å². The maximum atomic E-state index is 4.71. The zero-order valence-corrected chi connectivity index (χ0v) is 14.5. The van der Waals surface area contributed by atoms with Crippen LogP contribution < -0.4 is 5.32 Å². The molecule has 0 bridgehead atoms. The molecule has 3 aromatic rings. The van der Waals surface area contributed by atoms with E-state index in [2.05, 4.69) is 27.4 Å². The molecular formula is C19H22N6. The molecule has 128 valence electrons. The van der Waals surface area contributed by atoms with Gasteiger partial charge in [-0.1, -0.05) is 30.3 Å². The Morgan fingerprint density at radius 1 is 1.12 bits per heavy atom. The summed E-state index contributed by atoms with van der Waals surface area (Å²) in [6, 6.07) is 14.3. The third-order valence-electron chi connectivity index (χ3n) is 3.71. The molecule has 0 saturated heterocycles. The highest BCUT2D eigenvalue weighted by Crippen LogP contribution is 2.08. The molecule has 0 aliphatic heterocycles. The molecule has 0 aliphatic rings. The van der Waals surface area contributed by atoms with Gasteiger partial charge in [-0.25, -0.2) is 15.0 Å². The predicted octanol–water partition coefficient (Wildman–Crippen LogP) is 2.47. The van der Waals surface area contributed by atoms with Gasteiger partial charge in [-0.05, 0) is 23.3 Å². The molecule has 0 unspecified atom stereocenters. The van der Waals surface area contributed by atoms with Gasteiger partial charge in [0, 0.05) is 39.2 Å². The van der Waals surface area contributed by atoms with Gasteiger partial charge < -0.3 is 10.2 Å². The normalized spacial score (nSPS) is 11.4. The van der Waals surface area contributed by atoms with Gasteiger partial charge in [-0.2, -0.15) is 0 Å². The summed E-state index contributed by atoms with van der Waals surface area (Å²) in [6.07, 6.45) is 7.15. The molecule has 2 aromatic heterocycles. The number of nitrogens with one attached hydrogen (secondary N) is 1. The van der Waals surface area contributed by atoms with E-state index < -0.39 is 0 Å². The maximum absolute atomic E-state index is 4.71. The van der Waals surface area contributed by atoms with Crippen molar-refractivity contribution in [2.45, 2.75) is 13.1 Å². The van der Waals surface area contributed by atoms with Crippen LogP contribution in [0.1, 0.15) is 11.1 Å². The number of hydrogen-bond donors (Lipinski definition) is 1. The van der Waals surface area contributed by atoms with Gasteiger partial charge >= 0.3 is 0 Å². The molecule has 6 heteroatoms. The van der Waals surface area contributed by atoms with E-state index >= 15 is 0 Å². The zero-order valence-electron chi connectivity index (χ0n) is 14.5. The number of nitrogens with zero attached hydrogens (tertiary/aromatic N) is 5. The second-order valence-electron chi connectivity index (χ2n) is 5.87. The number of rotatable bonds is 5. The van der Waals surface area contributed by atoms with Crippen molar-refractivity contribution >= 4 is 5.96 Å². The lowest BCUT2D eigenvalue weighted by Crippen LogP contribution is -2.36. The van der Waals surface area contributed by atoms with Crippen molar-refractivity contribution in [1.82, 2.24) is 24.8 Å². The number of benzene rings is 1. The Kier molecular flexibility index (Phi) is 5.41. The number of imidazole rings is 1. The van der Waals surface area contributed by atoms with E-state index in [0.717, 1.165) is 23.9 Å². The molecule has 0 atom stereocenters. The molecule has 6 nitrogen and oxygen atoms in total. The summed E-state index contributed by atoms with van der Waals surface area (Å²) in [6.45, 7) is 1.33. The van der Waals surface area contributed by atoms with Gasteiger partial charge in [0.2, 0.25) is 0 Å². The van der Waals surface area contributed by atoms with Gasteiger partial charge in [0.15, 0.2) is 5.96 Å². The minimum Gasteiger partial charge on any atom is -0.352 e. The summed E-state index contributed by atoms with van der Waals surface area (Å²) in [4.78, 5) is 15.1. The maximum Gasteiger partial charge on any atom is 0.194 e. The van der Waals surface area contributed by atoms with Crippen LogP contribution in [0.2, 0.25) is 0 Å². The standard InChI is InChI=1S/C19H22N6/c1-24(2)19(22-13-16-6-4-3-5-7-16)23-14-17-8-9-21-18(12-17)25-11-10-20-15-25/h3-12,15H,13-14H2,1-2H3,(H,22,23). The highest BCUT2D eigenvalue weighted by atomic mass is 15.3. The van der Waals surface area contributed by atoms with Crippen molar-refractivity contribution in [2.24, 2.45) is 4.99 Å². The summed E-state index contributed by atoms with van der Waals surface area (Å²) in [7, 11) is 3.97. The summed E-state index contributed by atoms with van der Waals surface area (Å²) < 4.78 is 1.88. The molecule has 0 saturated carbocycles. The van der Waals surface area contributed by atoms with Crippen LogP contribution in [0, 0.1) is 0 Å². The van der Waals surface area contributed by atoms with E-state index in [1.54, 1.807) is 18.7 Å². The second-order valence-corrected chi connectivity index (χ2v) is 5.87. The first-order valence-corrected chi connectivity index (χ1v) is 8.15. The van der Waals surface area contributed by atoms with Crippen molar-refractivity contribution < 1.29 is 0 Å². The Hall–Kier alpha value is -3.15. The zero-order chi connectivity index (χ0) is 17.5. The number of pyridine rings is 1. The fourth-order valence-corrected chi connectivity index (χ4v) is 2.39. The topological polar surface area (TPSA) is 58.3 Å². The van der Waals surface area contributed by atoms with Crippen molar-refractivity contribution in [1.29, 1.82) is 0 Å². The fourth-order valence-electron chi connectivity index (χ4n) is 2.39. The van der Waals surface area contributed by atoms with Crippen LogP contribution in [0.3, 0.4) is 0 Å². The van der Waals surface area contributed by atoms with E-state index in [9.17, 15) is 0 Å². The Bertz CT molecular complexity index is 809. The molecule has 1 aromatic carbocycles.